The van der Waals surface area contributed by atoms with Crippen LogP contribution in [0.15, 0.2) is 24.4 Å². The van der Waals surface area contributed by atoms with Gasteiger partial charge in [-0.25, -0.2) is 0 Å². The second kappa shape index (κ2) is 7.56. The van der Waals surface area contributed by atoms with Crippen molar-refractivity contribution < 1.29 is 0 Å². The van der Waals surface area contributed by atoms with Gasteiger partial charge in [0.15, 0.2) is 0 Å². The van der Waals surface area contributed by atoms with Crippen LogP contribution in [-0.2, 0) is 6.42 Å². The normalized spacial score (nSPS) is 10.6. The van der Waals surface area contributed by atoms with Crippen molar-refractivity contribution in [3.63, 3.8) is 0 Å². The van der Waals surface area contributed by atoms with Gasteiger partial charge in [-0.15, -0.1) is 0 Å². The van der Waals surface area contributed by atoms with Gasteiger partial charge in [0.25, 0.3) is 0 Å². The van der Waals surface area contributed by atoms with Gasteiger partial charge in [0.2, 0.25) is 0 Å². The molecule has 2 nitrogen and oxygen atoms in total. The fraction of sp³-hybridized carbons (Fsp3) is 0.385. The van der Waals surface area contributed by atoms with E-state index in [0.29, 0.717) is 0 Å². The SMILES string of the molecule is CC.Cc1cccc2c1c(CCN(P)P)cn2P. The van der Waals surface area contributed by atoms with E-state index >= 15 is 0 Å². The molecule has 3 atom stereocenters. The summed E-state index contributed by atoms with van der Waals surface area (Å²) in [6.07, 6.45) is 3.27. The minimum atomic E-state index is 1.02. The maximum Gasteiger partial charge on any atom is 0.0514 e. The number of aromatic nitrogens is 1. The molecular weight excluding hydrogens is 277 g/mol. The number of nitrogens with zero attached hydrogens (tertiary/aromatic N) is 2. The minimum Gasteiger partial charge on any atom is -0.332 e. The fourth-order valence-corrected chi connectivity index (χ4v) is 2.68. The zero-order valence-electron chi connectivity index (χ0n) is 11.4. The van der Waals surface area contributed by atoms with E-state index in [1.807, 2.05) is 13.8 Å². The summed E-state index contributed by atoms with van der Waals surface area (Å²) in [6.45, 7) is 7.20. The summed E-state index contributed by atoms with van der Waals surface area (Å²) in [5.74, 6) is 0. The molecule has 0 saturated heterocycles. The number of fused-ring (bicyclic) bond motifs is 1. The van der Waals surface area contributed by atoms with Crippen LogP contribution in [0.1, 0.15) is 25.0 Å². The molecule has 1 aromatic heterocycles. The van der Waals surface area contributed by atoms with Crippen LogP contribution in [0.3, 0.4) is 0 Å². The van der Waals surface area contributed by atoms with Crippen molar-refractivity contribution in [1.29, 1.82) is 0 Å². The predicted molar refractivity (Wildman–Crippen MR) is 93.0 cm³/mol. The molecular formula is C13H23N2P3. The Morgan fingerprint density at radius 2 is 1.89 bits per heavy atom. The highest BCUT2D eigenvalue weighted by Crippen LogP contribution is 2.27. The van der Waals surface area contributed by atoms with Crippen molar-refractivity contribution in [2.45, 2.75) is 27.2 Å². The highest BCUT2D eigenvalue weighted by Gasteiger charge is 2.08. The molecule has 3 unspecified atom stereocenters. The second-order valence-electron chi connectivity index (χ2n) is 4.02. The summed E-state index contributed by atoms with van der Waals surface area (Å²) in [5, 5.41) is 1.40. The summed E-state index contributed by atoms with van der Waals surface area (Å²) < 4.78 is 4.19. The third-order valence-electron chi connectivity index (χ3n) is 2.78. The molecule has 2 rings (SSSR count). The van der Waals surface area contributed by atoms with Crippen molar-refractivity contribution in [3.8, 4) is 0 Å². The smallest absolute Gasteiger partial charge is 0.0514 e. The first-order chi connectivity index (χ1) is 8.59. The monoisotopic (exact) mass is 300 g/mol. The van der Waals surface area contributed by atoms with Crippen LogP contribution in [0.2, 0.25) is 0 Å². The largest absolute Gasteiger partial charge is 0.332 e. The number of hydrogen-bond acceptors (Lipinski definition) is 1. The summed E-state index contributed by atoms with van der Waals surface area (Å²) in [6, 6.07) is 6.45. The molecule has 5 heteroatoms. The third-order valence-corrected chi connectivity index (χ3v) is 3.73. The van der Waals surface area contributed by atoms with E-state index in [4.69, 9.17) is 0 Å². The number of hydrogen-bond donors (Lipinski definition) is 0. The first-order valence-electron chi connectivity index (χ1n) is 6.21. The van der Waals surface area contributed by atoms with Gasteiger partial charge in [-0.1, -0.05) is 44.8 Å². The molecule has 0 saturated carbocycles. The Balaban J connectivity index is 0.000000771. The topological polar surface area (TPSA) is 8.17 Å². The summed E-state index contributed by atoms with van der Waals surface area (Å²) >= 11 is 0. The highest BCUT2D eigenvalue weighted by atomic mass is 31.1. The van der Waals surface area contributed by atoms with Gasteiger partial charge >= 0.3 is 0 Å². The van der Waals surface area contributed by atoms with Crippen LogP contribution in [0.25, 0.3) is 10.9 Å². The van der Waals surface area contributed by atoms with Crippen molar-refractivity contribution in [2.24, 2.45) is 0 Å². The van der Waals surface area contributed by atoms with Crippen molar-refractivity contribution in [2.75, 3.05) is 6.54 Å². The highest BCUT2D eigenvalue weighted by molar-refractivity contribution is 7.30. The maximum absolute atomic E-state index is 2.75. The Kier molecular flexibility index (Phi) is 6.75. The average molecular weight is 300 g/mol. The summed E-state index contributed by atoms with van der Waals surface area (Å²) in [4.78, 5) is 0. The molecule has 0 radical (unpaired) electrons. The van der Waals surface area contributed by atoms with Gasteiger partial charge < -0.3 is 4.34 Å². The van der Waals surface area contributed by atoms with Gasteiger partial charge in [0.05, 0.1) is 5.52 Å². The van der Waals surface area contributed by atoms with Crippen LogP contribution in [0, 0.1) is 6.92 Å². The van der Waals surface area contributed by atoms with Crippen molar-refractivity contribution >= 4 is 39.1 Å². The van der Waals surface area contributed by atoms with Crippen LogP contribution < -0.4 is 0 Å². The molecule has 2 aromatic rings. The quantitative estimate of drug-likeness (QED) is 0.777. The zero-order chi connectivity index (χ0) is 13.7. The van der Waals surface area contributed by atoms with E-state index in [9.17, 15) is 0 Å². The molecule has 0 aliphatic rings. The molecule has 18 heavy (non-hydrogen) atoms. The first-order valence-corrected chi connectivity index (χ1v) is 7.76. The Labute approximate surface area is 117 Å². The molecule has 0 fully saturated rings. The van der Waals surface area contributed by atoms with Crippen molar-refractivity contribution in [1.82, 2.24) is 8.78 Å². The van der Waals surface area contributed by atoms with E-state index in [2.05, 4.69) is 68.3 Å². The minimum absolute atomic E-state index is 1.02. The van der Waals surface area contributed by atoms with Gasteiger partial charge in [-0.05, 0) is 39.9 Å². The molecule has 0 aliphatic heterocycles. The lowest BCUT2D eigenvalue weighted by molar-refractivity contribution is 0.728. The Bertz CT molecular complexity index is 506. The molecule has 1 heterocycles. The molecule has 0 bridgehead atoms. The standard InChI is InChI=1S/C11H17N2P3.C2H6/c1-8-3-2-4-10-11(8)9(7-12(10)14)5-6-13(15)16;1-2/h2-4,7H,5-6,14-16H2,1H3;1-2H3. The average Bonchev–Trinajstić information content (AvgIpc) is 2.68. The number of benzene rings is 1. The van der Waals surface area contributed by atoms with Crippen LogP contribution in [0.4, 0.5) is 0 Å². The van der Waals surface area contributed by atoms with E-state index in [0.717, 1.165) is 13.0 Å². The first kappa shape index (κ1) is 16.1. The van der Waals surface area contributed by atoms with E-state index in [1.165, 1.54) is 22.0 Å². The third kappa shape index (κ3) is 3.75. The van der Waals surface area contributed by atoms with Gasteiger partial charge in [-0.3, -0.25) is 4.44 Å². The zero-order valence-corrected chi connectivity index (χ0v) is 14.8. The summed E-state index contributed by atoms with van der Waals surface area (Å²) in [5.41, 5.74) is 4.06. The fourth-order valence-electron chi connectivity index (χ4n) is 2.03. The lowest BCUT2D eigenvalue weighted by Gasteiger charge is -2.08. The Morgan fingerprint density at radius 1 is 1.22 bits per heavy atom. The molecule has 1 aromatic carbocycles. The van der Waals surface area contributed by atoms with Gasteiger partial charge in [0, 0.05) is 18.1 Å². The van der Waals surface area contributed by atoms with E-state index < -0.39 is 0 Å². The molecule has 0 N–H and O–H groups in total. The van der Waals surface area contributed by atoms with E-state index in [-0.39, 0.29) is 0 Å². The second-order valence-corrected chi connectivity index (χ2v) is 6.50. The maximum atomic E-state index is 2.75. The van der Waals surface area contributed by atoms with Crippen LogP contribution in [0.5, 0.6) is 0 Å². The van der Waals surface area contributed by atoms with Crippen LogP contribution in [-0.4, -0.2) is 15.3 Å². The van der Waals surface area contributed by atoms with Crippen LogP contribution >= 0.6 is 28.2 Å². The summed E-state index contributed by atoms with van der Waals surface area (Å²) in [7, 11) is 8.09. The molecule has 0 aliphatic carbocycles. The number of rotatable bonds is 3. The number of aryl methyl sites for hydroxylation is 1. The molecule has 0 amide bonds. The predicted octanol–water partition coefficient (Wildman–Crippen LogP) is 4.04. The van der Waals surface area contributed by atoms with E-state index in [1.54, 1.807) is 0 Å². The van der Waals surface area contributed by atoms with Gasteiger partial charge in [0.1, 0.15) is 0 Å². The molecule has 0 spiro atoms. The lowest BCUT2D eigenvalue weighted by atomic mass is 10.1. The Morgan fingerprint density at radius 3 is 2.50 bits per heavy atom. The van der Waals surface area contributed by atoms with Crippen molar-refractivity contribution in [3.05, 3.63) is 35.5 Å². The molecule has 100 valence electrons. The Hall–Kier alpha value is 0.01000. The van der Waals surface area contributed by atoms with Gasteiger partial charge in [-0.2, -0.15) is 0 Å². The lowest BCUT2D eigenvalue weighted by Crippen LogP contribution is -2.01.